The molecule has 1 amide bonds. The van der Waals surface area contributed by atoms with E-state index >= 15 is 0 Å². The second-order valence-corrected chi connectivity index (χ2v) is 7.42. The summed E-state index contributed by atoms with van der Waals surface area (Å²) in [6.45, 7) is 2.76. The van der Waals surface area contributed by atoms with E-state index in [4.69, 9.17) is 5.11 Å². The van der Waals surface area contributed by atoms with Gasteiger partial charge in [-0.15, -0.1) is 0 Å². The second-order valence-electron chi connectivity index (χ2n) is 5.11. The molecule has 0 aromatic carbocycles. The third-order valence-corrected chi connectivity index (χ3v) is 5.71. The molecule has 18 heavy (non-hydrogen) atoms. The number of carbonyl (C=O) groups is 2. The van der Waals surface area contributed by atoms with Crippen LogP contribution in [-0.4, -0.2) is 53.9 Å². The number of amides is 1. The largest absolute Gasteiger partial charge is 0.480 e. The Morgan fingerprint density at radius 1 is 1.28 bits per heavy atom. The zero-order chi connectivity index (χ0) is 14.1. The van der Waals surface area contributed by atoms with Gasteiger partial charge in [-0.3, -0.25) is 4.79 Å². The fourth-order valence-corrected chi connectivity index (χ4v) is 3.75. The van der Waals surface area contributed by atoms with Gasteiger partial charge < -0.3 is 10.0 Å². The predicted molar refractivity (Wildman–Crippen MR) is 65.9 cm³/mol. The van der Waals surface area contributed by atoms with Crippen LogP contribution in [0.15, 0.2) is 0 Å². The van der Waals surface area contributed by atoms with E-state index in [1.54, 1.807) is 0 Å². The van der Waals surface area contributed by atoms with Gasteiger partial charge in [-0.2, -0.15) is 0 Å². The molecule has 1 heterocycles. The van der Waals surface area contributed by atoms with Gasteiger partial charge in [0.2, 0.25) is 5.91 Å². The van der Waals surface area contributed by atoms with Gasteiger partial charge in [-0.1, -0.05) is 6.42 Å². The number of carbonyl (C=O) groups excluding carboxylic acids is 1. The molecule has 1 rings (SSSR count). The first-order valence-electron chi connectivity index (χ1n) is 5.83. The lowest BCUT2D eigenvalue weighted by atomic mass is 10.0. The summed E-state index contributed by atoms with van der Waals surface area (Å²) in [7, 11) is -2.10. The lowest BCUT2D eigenvalue weighted by molar-refractivity contribution is -0.155. The minimum atomic E-state index is -3.44. The van der Waals surface area contributed by atoms with Crippen molar-refractivity contribution in [2.45, 2.75) is 43.9 Å². The van der Waals surface area contributed by atoms with Crippen LogP contribution in [0.4, 0.5) is 0 Å². The molecule has 104 valence electrons. The maximum absolute atomic E-state index is 12.1. The molecule has 1 aliphatic rings. The van der Waals surface area contributed by atoms with Crippen molar-refractivity contribution in [1.82, 2.24) is 4.90 Å². The normalized spacial score (nSPS) is 23.4. The Bertz CT molecular complexity index is 454. The van der Waals surface area contributed by atoms with Gasteiger partial charge in [-0.05, 0) is 26.7 Å². The Kier molecular flexibility index (Phi) is 4.05. The van der Waals surface area contributed by atoms with Crippen molar-refractivity contribution < 1.29 is 23.1 Å². The third-order valence-electron chi connectivity index (χ3n) is 3.55. The number of hydrogen-bond acceptors (Lipinski definition) is 4. The molecule has 1 fully saturated rings. The van der Waals surface area contributed by atoms with Crippen LogP contribution in [0, 0.1) is 0 Å². The summed E-state index contributed by atoms with van der Waals surface area (Å²) in [6.07, 6.45) is 1.52. The molecular formula is C11H19NO5S. The Morgan fingerprint density at radius 3 is 2.28 bits per heavy atom. The molecule has 0 aliphatic carbocycles. The first kappa shape index (κ1) is 14.9. The summed E-state index contributed by atoms with van der Waals surface area (Å²) in [6, 6.07) is 0. The van der Waals surface area contributed by atoms with Gasteiger partial charge in [0, 0.05) is 7.05 Å². The lowest BCUT2D eigenvalue weighted by Gasteiger charge is -2.35. The Morgan fingerprint density at radius 2 is 1.83 bits per heavy atom. The first-order chi connectivity index (χ1) is 8.10. The van der Waals surface area contributed by atoms with Crippen LogP contribution >= 0.6 is 0 Å². The van der Waals surface area contributed by atoms with E-state index in [-0.39, 0.29) is 12.2 Å². The molecule has 6 nitrogen and oxygen atoms in total. The van der Waals surface area contributed by atoms with Crippen molar-refractivity contribution in [2.75, 3.05) is 12.8 Å². The molecule has 7 heteroatoms. The number of sulfone groups is 1. The van der Waals surface area contributed by atoms with E-state index in [0.29, 0.717) is 12.8 Å². The second kappa shape index (κ2) is 4.87. The monoisotopic (exact) mass is 277 g/mol. The highest BCUT2D eigenvalue weighted by Gasteiger charge is 2.42. The number of rotatable bonds is 3. The average molecular weight is 277 g/mol. The van der Waals surface area contributed by atoms with Gasteiger partial charge >= 0.3 is 5.97 Å². The van der Waals surface area contributed by atoms with Crippen molar-refractivity contribution in [2.24, 2.45) is 0 Å². The molecule has 1 atom stereocenters. The van der Waals surface area contributed by atoms with E-state index < -0.39 is 32.5 Å². The van der Waals surface area contributed by atoms with Gasteiger partial charge in [-0.25, -0.2) is 13.2 Å². The van der Waals surface area contributed by atoms with E-state index in [1.807, 2.05) is 0 Å². The molecule has 1 N–H and O–H groups in total. The van der Waals surface area contributed by atoms with E-state index in [1.165, 1.54) is 20.9 Å². The van der Waals surface area contributed by atoms with Gasteiger partial charge in [0.25, 0.3) is 0 Å². The van der Waals surface area contributed by atoms with E-state index in [9.17, 15) is 18.0 Å². The molecule has 0 saturated carbocycles. The highest BCUT2D eigenvalue weighted by molar-refractivity contribution is 7.92. The summed E-state index contributed by atoms with van der Waals surface area (Å²) in [4.78, 5) is 24.2. The summed E-state index contributed by atoms with van der Waals surface area (Å²) in [5, 5.41) is 7.96. The molecular weight excluding hydrogens is 258 g/mol. The summed E-state index contributed by atoms with van der Waals surface area (Å²) in [5.41, 5.74) is -1.41. The van der Waals surface area contributed by atoms with Gasteiger partial charge in [0.15, 0.2) is 9.84 Å². The number of likely N-dealkylation sites (N-methyl/N-ethyl adjacent to an activating group) is 1. The molecule has 0 bridgehead atoms. The van der Waals surface area contributed by atoms with Crippen molar-refractivity contribution in [3.05, 3.63) is 0 Å². The highest BCUT2D eigenvalue weighted by Crippen LogP contribution is 2.24. The Hall–Kier alpha value is -1.11. The fourth-order valence-electron chi connectivity index (χ4n) is 1.87. The molecule has 0 spiro atoms. The van der Waals surface area contributed by atoms with Crippen LogP contribution in [0.25, 0.3) is 0 Å². The topological polar surface area (TPSA) is 91.8 Å². The summed E-state index contributed by atoms with van der Waals surface area (Å²) in [5.74, 6) is -1.78. The SMILES string of the molecule is CN(C(=O)C1CCCCS1(=O)=O)C(C)(C)C(=O)O. The van der Waals surface area contributed by atoms with Crippen LogP contribution < -0.4 is 0 Å². The van der Waals surface area contributed by atoms with Crippen LogP contribution in [0.5, 0.6) is 0 Å². The third kappa shape index (κ3) is 2.66. The van der Waals surface area contributed by atoms with Crippen molar-refractivity contribution in [3.8, 4) is 0 Å². The smallest absolute Gasteiger partial charge is 0.329 e. The maximum Gasteiger partial charge on any atom is 0.329 e. The van der Waals surface area contributed by atoms with Crippen molar-refractivity contribution in [1.29, 1.82) is 0 Å². The molecule has 1 saturated heterocycles. The Labute approximate surface area is 107 Å². The van der Waals surface area contributed by atoms with Gasteiger partial charge in [0.05, 0.1) is 5.75 Å². The number of aliphatic carboxylic acids is 1. The molecule has 0 radical (unpaired) electrons. The van der Waals surface area contributed by atoms with Gasteiger partial charge in [0.1, 0.15) is 10.8 Å². The summed E-state index contributed by atoms with van der Waals surface area (Å²) < 4.78 is 23.7. The quantitative estimate of drug-likeness (QED) is 0.799. The zero-order valence-electron chi connectivity index (χ0n) is 10.8. The molecule has 0 aromatic rings. The molecule has 0 aromatic heterocycles. The van der Waals surface area contributed by atoms with E-state index in [2.05, 4.69) is 0 Å². The standard InChI is InChI=1S/C11H19NO5S/c1-11(2,10(14)15)12(3)9(13)8-6-4-5-7-18(8,16)17/h8H,4-7H2,1-3H3,(H,14,15). The maximum atomic E-state index is 12.1. The average Bonchev–Trinajstić information content (AvgIpc) is 2.26. The Balaban J connectivity index is 2.97. The van der Waals surface area contributed by atoms with Crippen LogP contribution in [0.3, 0.4) is 0 Å². The highest BCUT2D eigenvalue weighted by atomic mass is 32.2. The molecule has 1 unspecified atom stereocenters. The van der Waals surface area contributed by atoms with Crippen molar-refractivity contribution >= 4 is 21.7 Å². The number of hydrogen-bond donors (Lipinski definition) is 1. The van der Waals surface area contributed by atoms with Crippen LogP contribution in [-0.2, 0) is 19.4 Å². The number of nitrogens with zero attached hydrogens (tertiary/aromatic N) is 1. The minimum Gasteiger partial charge on any atom is -0.480 e. The lowest BCUT2D eigenvalue weighted by Crippen LogP contribution is -2.55. The van der Waals surface area contributed by atoms with Crippen LogP contribution in [0.2, 0.25) is 0 Å². The number of carboxylic acid groups (broad SMARTS) is 1. The minimum absolute atomic E-state index is 0.00471. The molecule has 1 aliphatic heterocycles. The summed E-state index contributed by atoms with van der Waals surface area (Å²) >= 11 is 0. The first-order valence-corrected chi connectivity index (χ1v) is 7.55. The van der Waals surface area contributed by atoms with Crippen LogP contribution in [0.1, 0.15) is 33.1 Å². The van der Waals surface area contributed by atoms with Crippen molar-refractivity contribution in [3.63, 3.8) is 0 Å². The predicted octanol–water partition coefficient (Wildman–Crippen LogP) is 0.275. The van der Waals surface area contributed by atoms with E-state index in [0.717, 1.165) is 4.90 Å². The zero-order valence-corrected chi connectivity index (χ0v) is 11.7. The number of carboxylic acids is 1. The fraction of sp³-hybridized carbons (Fsp3) is 0.818.